The number of aryl methyl sites for hydroxylation is 1. The summed E-state index contributed by atoms with van der Waals surface area (Å²) in [4.78, 5) is 13.1. The third kappa shape index (κ3) is 11.9. The third-order valence-corrected chi connectivity index (χ3v) is 18.7. The van der Waals surface area contributed by atoms with Gasteiger partial charge < -0.3 is 135 Å². The highest BCUT2D eigenvalue weighted by Gasteiger charge is 2.70. The van der Waals surface area contributed by atoms with Crippen LogP contribution < -0.4 is 0 Å². The van der Waals surface area contributed by atoms with E-state index in [0.29, 0.717) is 0 Å². The molecule has 0 bridgehead atoms. The van der Waals surface area contributed by atoms with Gasteiger partial charge in [0.2, 0.25) is 0 Å². The minimum Gasteiger partial charge on any atom is -0.508 e. The Balaban J connectivity index is 0.697. The molecule has 0 radical (unpaired) electrons. The van der Waals surface area contributed by atoms with Crippen LogP contribution in [0.25, 0.3) is 0 Å². The van der Waals surface area contributed by atoms with Crippen molar-refractivity contribution in [1.29, 1.82) is 0 Å². The molecule has 7 N–H and O–H groups in total. The van der Waals surface area contributed by atoms with Crippen LogP contribution in [0.4, 0.5) is 0 Å². The summed E-state index contributed by atoms with van der Waals surface area (Å²) in [6.07, 6.45) is -26.0. The van der Waals surface area contributed by atoms with E-state index in [4.69, 9.17) is 99.5 Å². The van der Waals surface area contributed by atoms with Gasteiger partial charge in [-0.25, -0.2) is 4.79 Å². The van der Waals surface area contributed by atoms with Gasteiger partial charge in [-0.3, -0.25) is 0 Å². The van der Waals surface area contributed by atoms with Crippen LogP contribution in [0.5, 0.6) is 11.5 Å². The van der Waals surface area contributed by atoms with E-state index in [1.807, 2.05) is 27.7 Å². The number of hydrogen-bond donors (Lipinski definition) is 7. The lowest BCUT2D eigenvalue weighted by Gasteiger charge is -2.49. The highest BCUT2D eigenvalue weighted by Crippen LogP contribution is 2.52. The Bertz CT molecular complexity index is 2460. The van der Waals surface area contributed by atoms with E-state index in [1.165, 1.54) is 34.3 Å². The van der Waals surface area contributed by atoms with E-state index < -0.39 is 194 Å². The van der Waals surface area contributed by atoms with Gasteiger partial charge in [0, 0.05) is 46.2 Å². The lowest BCUT2D eigenvalue weighted by Crippen LogP contribution is -2.68. The third-order valence-electron chi connectivity index (χ3n) is 18.7. The highest BCUT2D eigenvalue weighted by atomic mass is 16.9. The molecule has 11 rings (SSSR count). The summed E-state index contributed by atoms with van der Waals surface area (Å²) in [5.74, 6) is -5.78. The molecule has 0 aliphatic carbocycles. The average Bonchev–Trinajstić information content (AvgIpc) is 1.66. The Morgan fingerprint density at radius 3 is 2.09 bits per heavy atom. The molecule has 10 saturated heterocycles. The van der Waals surface area contributed by atoms with Crippen molar-refractivity contribution in [3.8, 4) is 11.5 Å². The largest absolute Gasteiger partial charge is 0.508 e. The Hall–Kier alpha value is -2.71. The van der Waals surface area contributed by atoms with Crippen molar-refractivity contribution in [2.45, 2.75) is 258 Å². The summed E-state index contributed by atoms with van der Waals surface area (Å²) in [5.41, 5.74) is -2.38. The zero-order valence-electron chi connectivity index (χ0n) is 50.3. The summed E-state index contributed by atoms with van der Waals surface area (Å²) >= 11 is 0. The first-order valence-electron chi connectivity index (χ1n) is 29.6. The number of aliphatic hydroxyl groups excluding tert-OH is 4. The molecule has 0 amide bonds. The average molecular weight is 1240 g/mol. The fraction of sp³-hybridized carbons (Fsp3) is 0.877. The number of methoxy groups -OCH3 is 3. The molecule has 10 aliphatic heterocycles. The predicted octanol–water partition coefficient (Wildman–Crippen LogP) is 0.189. The molecule has 30 atom stereocenters. The van der Waals surface area contributed by atoms with Crippen molar-refractivity contribution in [2.24, 2.45) is 11.8 Å². The van der Waals surface area contributed by atoms with Crippen molar-refractivity contribution in [2.75, 3.05) is 47.9 Å². The first kappa shape index (κ1) is 64.8. The van der Waals surface area contributed by atoms with Gasteiger partial charge in [0.05, 0.1) is 69.0 Å². The van der Waals surface area contributed by atoms with Gasteiger partial charge in [-0.2, -0.15) is 0 Å². The fourth-order valence-electron chi connectivity index (χ4n) is 13.9. The number of phenolic OH excluding ortho intramolecular Hbond substituents is 2. The van der Waals surface area contributed by atoms with Gasteiger partial charge in [0.1, 0.15) is 102 Å². The molecule has 488 valence electrons. The van der Waals surface area contributed by atoms with Crippen molar-refractivity contribution >= 4 is 5.97 Å². The lowest BCUT2D eigenvalue weighted by atomic mass is 9.80. The molecule has 10 heterocycles. The monoisotopic (exact) mass is 1230 g/mol. The van der Waals surface area contributed by atoms with Crippen molar-refractivity contribution in [1.82, 2.24) is 0 Å². The minimum absolute atomic E-state index is 0.0401. The molecule has 10 aliphatic rings. The van der Waals surface area contributed by atoms with Crippen LogP contribution in [-0.2, 0) is 99.5 Å². The van der Waals surface area contributed by atoms with E-state index in [9.17, 15) is 40.5 Å². The number of phenols is 2. The number of aromatic hydroxyl groups is 2. The normalized spacial score (nSPS) is 50.3. The van der Waals surface area contributed by atoms with Crippen LogP contribution >= 0.6 is 0 Å². The molecule has 86 heavy (non-hydrogen) atoms. The summed E-state index contributed by atoms with van der Waals surface area (Å²) in [6, 6.07) is 2.32. The summed E-state index contributed by atoms with van der Waals surface area (Å²) in [5, 5.41) is 78.8. The van der Waals surface area contributed by atoms with E-state index in [2.05, 4.69) is 0 Å². The van der Waals surface area contributed by atoms with Crippen LogP contribution in [-0.4, -0.2) is 266 Å². The van der Waals surface area contributed by atoms with Crippen LogP contribution in [0.2, 0.25) is 0 Å². The summed E-state index contributed by atoms with van der Waals surface area (Å²) < 4.78 is 131. The second-order valence-corrected chi connectivity index (χ2v) is 25.0. The zero-order valence-corrected chi connectivity index (χ0v) is 50.3. The molecular formula is C57H86O29. The molecule has 1 aromatic rings. The number of hydrogen-bond acceptors (Lipinski definition) is 29. The molecule has 2 spiro atoms. The van der Waals surface area contributed by atoms with Crippen molar-refractivity contribution < 1.29 is 140 Å². The zero-order chi connectivity index (χ0) is 61.7. The van der Waals surface area contributed by atoms with E-state index in [0.717, 1.165) is 6.07 Å². The topological polar surface area (TPSA) is 353 Å². The molecule has 0 saturated carbocycles. The van der Waals surface area contributed by atoms with Crippen molar-refractivity contribution in [3.63, 3.8) is 0 Å². The minimum atomic E-state index is -1.75. The van der Waals surface area contributed by atoms with Gasteiger partial charge in [0.15, 0.2) is 43.7 Å². The van der Waals surface area contributed by atoms with Gasteiger partial charge in [-0.15, -0.1) is 0 Å². The molecule has 29 nitrogen and oxygen atoms in total. The van der Waals surface area contributed by atoms with Gasteiger partial charge in [0.25, 0.3) is 5.97 Å². The van der Waals surface area contributed by atoms with Gasteiger partial charge in [-0.1, -0.05) is 20.8 Å². The Morgan fingerprint density at radius 2 is 1.41 bits per heavy atom. The fourth-order valence-corrected chi connectivity index (χ4v) is 13.9. The number of rotatable bonds is 15. The quantitative estimate of drug-likeness (QED) is 0.115. The molecule has 1 aromatic carbocycles. The summed E-state index contributed by atoms with van der Waals surface area (Å²) in [7, 11) is 4.27. The van der Waals surface area contributed by atoms with Crippen molar-refractivity contribution in [3.05, 3.63) is 23.3 Å². The van der Waals surface area contributed by atoms with Crippen LogP contribution in [0, 0.1) is 18.8 Å². The second kappa shape index (κ2) is 25.1. The Morgan fingerprint density at radius 1 is 0.686 bits per heavy atom. The maximum atomic E-state index is 13.1. The van der Waals surface area contributed by atoms with E-state index in [1.54, 1.807) is 27.7 Å². The molecule has 10 fully saturated rings. The Kier molecular flexibility index (Phi) is 18.9. The van der Waals surface area contributed by atoms with Gasteiger partial charge >= 0.3 is 11.9 Å². The maximum absolute atomic E-state index is 13.1. The van der Waals surface area contributed by atoms with E-state index >= 15 is 0 Å². The molecular weight excluding hydrogens is 1150 g/mol. The highest BCUT2D eigenvalue weighted by molar-refractivity contribution is 5.94. The molecule has 0 unspecified atom stereocenters. The van der Waals surface area contributed by atoms with Gasteiger partial charge in [-0.05, 0) is 59.1 Å². The number of ether oxygens (including phenoxy) is 21. The predicted molar refractivity (Wildman–Crippen MR) is 282 cm³/mol. The first-order valence-corrected chi connectivity index (χ1v) is 29.6. The van der Waals surface area contributed by atoms with E-state index in [-0.39, 0.29) is 68.7 Å². The second-order valence-electron chi connectivity index (χ2n) is 25.0. The molecule has 0 aromatic heterocycles. The van der Waals surface area contributed by atoms with Crippen LogP contribution in [0.1, 0.15) is 90.6 Å². The number of carbonyl (C=O) groups excluding carboxylic acids is 1. The summed E-state index contributed by atoms with van der Waals surface area (Å²) in [6.45, 7) is 15.4. The lowest BCUT2D eigenvalue weighted by molar-refractivity contribution is -0.420. The van der Waals surface area contributed by atoms with Crippen LogP contribution in [0.15, 0.2) is 12.1 Å². The first-order chi connectivity index (χ1) is 40.7. The standard InChI is InChI=1S/C57H86O29/c1-22(2)55(65)20-72-57(49-48(55)70-21-71-49)83-34-19-69-52(46(68-12)44(34)84-57)81-53-45(67-11)38(62)43(33(76-53)18-66-10)80-51-39(63)40(24(4)25(5)75-51)78-36-17-54(9)47(28(8)74-36)85-56(86-54)16-32(61)42(27(7)82-56)77-35-15-31(60)41(26(6)73-35)79-50(64)37-23(3)13-29(58)14-30(37)59/h13-14,22,24-28,31-36,38-49,51-53,58-63,65H,15-21H2,1-12H3/t24-,25+,26+,27+,28+,31+,32+,33+,34-,35-,36-,38-,39+,40-,41+,42+,43+,44+,45-,46+,47+,48+,49+,51-,52-,53-,54+,55+,56+,57+/m0/s1. The smallest absolute Gasteiger partial charge is 0.342 e. The number of benzene rings is 1. The molecule has 29 heteroatoms. The number of aliphatic hydroxyl groups is 5. The SMILES string of the molecule is COC[C@H]1O[C@@H](O[C@@H]2OC[C@@H]3O[C@@]4(OC[C@@](O)(C(C)C)[C@@H]5OCO[C@H]54)O[C@H]3[C@H]2OC)[C@@H](OC)[C@@H](O)[C@@H]1O[C@@H]1O[C@H](C)[C@H](C)[C@H](O[C@H]2C[C@@]3(C)O[C@@]4(C[C@@H](O)[C@H](O[C@H]5C[C@@H](O)[C@H](OC(=O)c6c(C)cc(O)cc6O)[C@@H](C)O5)[C@@H](C)O4)O[C@@H]3[C@@H](C)O2)[C@H]1O. The number of carbonyl (C=O) groups is 1. The Labute approximate surface area is 497 Å². The maximum Gasteiger partial charge on any atom is 0.342 e. The number of fused-ring (bicyclic) bond motifs is 4. The number of esters is 1. The van der Waals surface area contributed by atoms with Crippen LogP contribution in [0.3, 0.4) is 0 Å².